The highest BCUT2D eigenvalue weighted by Crippen LogP contribution is 2.37. The monoisotopic (exact) mass is 417 g/mol. The van der Waals surface area contributed by atoms with E-state index in [1.54, 1.807) is 24.3 Å². The summed E-state index contributed by atoms with van der Waals surface area (Å²) in [5, 5.41) is 3.40. The zero-order valence-electron chi connectivity index (χ0n) is 13.8. The lowest BCUT2D eigenvalue weighted by atomic mass is 10.0. The van der Waals surface area contributed by atoms with Crippen LogP contribution in [0.3, 0.4) is 0 Å². The van der Waals surface area contributed by atoms with E-state index in [-0.39, 0.29) is 11.6 Å². The molecular weight excluding hydrogens is 408 g/mol. The van der Waals surface area contributed by atoms with E-state index in [4.69, 9.17) is 11.6 Å². The first kappa shape index (κ1) is 20.0. The molecule has 2 nitrogen and oxygen atoms in total. The van der Waals surface area contributed by atoms with Crippen molar-refractivity contribution in [2.75, 3.05) is 5.32 Å². The smallest absolute Gasteiger partial charge is 0.322 e. The molecule has 0 spiro atoms. The highest BCUT2D eigenvalue weighted by Gasteiger charge is 2.37. The van der Waals surface area contributed by atoms with Crippen LogP contribution in [0, 0.1) is 0 Å². The number of halogens is 7. The minimum atomic E-state index is -5.01. The average molecular weight is 418 g/mol. The fourth-order valence-electron chi connectivity index (χ4n) is 2.70. The van der Waals surface area contributed by atoms with Crippen LogP contribution in [0.5, 0.6) is 0 Å². The van der Waals surface area contributed by atoms with Gasteiger partial charge in [0.15, 0.2) is 0 Å². The molecule has 0 heterocycles. The van der Waals surface area contributed by atoms with E-state index in [9.17, 15) is 31.1 Å². The lowest BCUT2D eigenvalue weighted by Crippen LogP contribution is -2.16. The molecule has 0 aliphatic rings. The molecule has 0 aliphatic carbocycles. The van der Waals surface area contributed by atoms with Gasteiger partial charge >= 0.3 is 12.4 Å². The van der Waals surface area contributed by atoms with Gasteiger partial charge in [0.1, 0.15) is 0 Å². The molecule has 0 unspecified atom stereocenters. The molecule has 0 radical (unpaired) electrons. The van der Waals surface area contributed by atoms with E-state index in [0.717, 1.165) is 0 Å². The molecular formula is C19H10ClF6NO. The quantitative estimate of drug-likeness (QED) is 0.457. The largest absolute Gasteiger partial charge is 0.416 e. The van der Waals surface area contributed by atoms with Crippen molar-refractivity contribution in [2.24, 2.45) is 0 Å². The predicted molar refractivity (Wildman–Crippen MR) is 93.4 cm³/mol. The van der Waals surface area contributed by atoms with E-state index in [2.05, 4.69) is 5.32 Å². The Morgan fingerprint density at radius 3 is 1.89 bits per heavy atom. The van der Waals surface area contributed by atoms with Gasteiger partial charge in [-0.15, -0.1) is 0 Å². The van der Waals surface area contributed by atoms with Crippen molar-refractivity contribution in [3.05, 3.63) is 76.3 Å². The van der Waals surface area contributed by atoms with Gasteiger partial charge < -0.3 is 5.32 Å². The number of amides is 1. The fourth-order valence-corrected chi connectivity index (χ4v) is 2.93. The van der Waals surface area contributed by atoms with Crippen LogP contribution < -0.4 is 5.32 Å². The second kappa shape index (κ2) is 7.01. The number of anilines is 1. The number of carbonyl (C=O) groups is 1. The molecule has 0 saturated carbocycles. The Bertz CT molecular complexity index is 1030. The van der Waals surface area contributed by atoms with Crippen molar-refractivity contribution >= 4 is 34.0 Å². The SMILES string of the molecule is O=C(Nc1cc(C(F)(F)F)cc(C(F)(F)F)c1)c1cccc2c(Cl)cccc12. The summed E-state index contributed by atoms with van der Waals surface area (Å²) < 4.78 is 77.7. The second-order valence-corrected chi connectivity index (χ2v) is 6.30. The zero-order chi connectivity index (χ0) is 20.7. The third-order valence-corrected chi connectivity index (χ3v) is 4.29. The van der Waals surface area contributed by atoms with Crippen molar-refractivity contribution in [3.63, 3.8) is 0 Å². The first-order valence-corrected chi connectivity index (χ1v) is 8.13. The van der Waals surface area contributed by atoms with E-state index >= 15 is 0 Å². The normalized spacial score (nSPS) is 12.2. The standard InChI is InChI=1S/C19H10ClF6NO/c20-16-6-2-3-13-14(16)4-1-5-15(13)17(28)27-12-8-10(18(21,22)23)7-11(9-12)19(24,25)26/h1-9H,(H,27,28). The maximum Gasteiger partial charge on any atom is 0.416 e. The Morgan fingerprint density at radius 1 is 0.786 bits per heavy atom. The summed E-state index contributed by atoms with van der Waals surface area (Å²) in [5.41, 5.74) is -3.59. The summed E-state index contributed by atoms with van der Waals surface area (Å²) in [6.07, 6.45) is -10.0. The number of benzene rings is 3. The van der Waals surface area contributed by atoms with Gasteiger partial charge in [-0.1, -0.05) is 35.9 Å². The van der Waals surface area contributed by atoms with Crippen LogP contribution in [0.4, 0.5) is 32.0 Å². The van der Waals surface area contributed by atoms with Crippen LogP contribution >= 0.6 is 11.6 Å². The molecule has 3 aromatic rings. The van der Waals surface area contributed by atoms with Gasteiger partial charge in [0.2, 0.25) is 0 Å². The number of carbonyl (C=O) groups excluding carboxylic acids is 1. The first-order valence-electron chi connectivity index (χ1n) is 7.75. The highest BCUT2D eigenvalue weighted by molar-refractivity contribution is 6.36. The topological polar surface area (TPSA) is 29.1 Å². The van der Waals surface area contributed by atoms with E-state index < -0.39 is 35.1 Å². The molecule has 9 heteroatoms. The van der Waals surface area contributed by atoms with E-state index in [0.29, 0.717) is 27.9 Å². The molecule has 146 valence electrons. The lowest BCUT2D eigenvalue weighted by molar-refractivity contribution is -0.143. The number of fused-ring (bicyclic) bond motifs is 1. The molecule has 0 saturated heterocycles. The molecule has 0 aromatic heterocycles. The van der Waals surface area contributed by atoms with Gasteiger partial charge in [-0.3, -0.25) is 4.79 Å². The van der Waals surface area contributed by atoms with Crippen LogP contribution in [0.1, 0.15) is 21.5 Å². The summed E-state index contributed by atoms with van der Waals surface area (Å²) >= 11 is 6.05. The van der Waals surface area contributed by atoms with Crippen LogP contribution in [0.2, 0.25) is 5.02 Å². The molecule has 3 rings (SSSR count). The van der Waals surface area contributed by atoms with Gasteiger partial charge in [-0.25, -0.2) is 0 Å². The Balaban J connectivity index is 2.04. The number of nitrogens with one attached hydrogen (secondary N) is 1. The Hall–Kier alpha value is -2.74. The predicted octanol–water partition coefficient (Wildman–Crippen LogP) is 6.78. The average Bonchev–Trinajstić information content (AvgIpc) is 2.60. The van der Waals surface area contributed by atoms with Crippen molar-refractivity contribution < 1.29 is 31.1 Å². The van der Waals surface area contributed by atoms with Gasteiger partial charge in [-0.2, -0.15) is 26.3 Å². The van der Waals surface area contributed by atoms with Crippen LogP contribution in [0.25, 0.3) is 10.8 Å². The molecule has 0 bridgehead atoms. The third-order valence-electron chi connectivity index (χ3n) is 3.96. The van der Waals surface area contributed by atoms with Crippen molar-refractivity contribution in [2.45, 2.75) is 12.4 Å². The fraction of sp³-hybridized carbons (Fsp3) is 0.105. The van der Waals surface area contributed by atoms with Gasteiger partial charge in [0.05, 0.1) is 11.1 Å². The van der Waals surface area contributed by atoms with Crippen molar-refractivity contribution in [3.8, 4) is 0 Å². The Kier molecular flexibility index (Phi) is 5.01. The van der Waals surface area contributed by atoms with Crippen LogP contribution in [-0.4, -0.2) is 5.91 Å². The second-order valence-electron chi connectivity index (χ2n) is 5.89. The Morgan fingerprint density at radius 2 is 1.32 bits per heavy atom. The highest BCUT2D eigenvalue weighted by atomic mass is 35.5. The van der Waals surface area contributed by atoms with Crippen molar-refractivity contribution in [1.82, 2.24) is 0 Å². The minimum Gasteiger partial charge on any atom is -0.322 e. The molecule has 3 aromatic carbocycles. The third kappa shape index (κ3) is 4.06. The van der Waals surface area contributed by atoms with Crippen LogP contribution in [-0.2, 0) is 12.4 Å². The summed E-state index contributed by atoms with van der Waals surface area (Å²) in [5.74, 6) is -0.861. The van der Waals surface area contributed by atoms with Crippen molar-refractivity contribution in [1.29, 1.82) is 0 Å². The van der Waals surface area contributed by atoms with Gasteiger partial charge in [-0.05, 0) is 35.7 Å². The Labute approximate surface area is 159 Å². The molecule has 0 fully saturated rings. The van der Waals surface area contributed by atoms with E-state index in [1.807, 2.05) is 0 Å². The number of hydrogen-bond donors (Lipinski definition) is 1. The first-order chi connectivity index (χ1) is 13.0. The maximum atomic E-state index is 13.0. The van der Waals surface area contributed by atoms with Gasteiger partial charge in [0.25, 0.3) is 5.91 Å². The number of hydrogen-bond acceptors (Lipinski definition) is 1. The van der Waals surface area contributed by atoms with E-state index in [1.165, 1.54) is 12.1 Å². The number of alkyl halides is 6. The van der Waals surface area contributed by atoms with Crippen LogP contribution in [0.15, 0.2) is 54.6 Å². The summed E-state index contributed by atoms with van der Waals surface area (Å²) in [6, 6.07) is 10.2. The summed E-state index contributed by atoms with van der Waals surface area (Å²) in [4.78, 5) is 12.5. The molecule has 28 heavy (non-hydrogen) atoms. The molecule has 1 amide bonds. The molecule has 0 aliphatic heterocycles. The summed E-state index contributed by atoms with van der Waals surface area (Å²) in [7, 11) is 0. The van der Waals surface area contributed by atoms with Gasteiger partial charge in [0, 0.05) is 21.7 Å². The maximum absolute atomic E-state index is 13.0. The number of rotatable bonds is 2. The zero-order valence-corrected chi connectivity index (χ0v) is 14.5. The lowest BCUT2D eigenvalue weighted by Gasteiger charge is -2.15. The summed E-state index contributed by atoms with van der Waals surface area (Å²) in [6.45, 7) is 0. The molecule has 1 N–H and O–H groups in total. The molecule has 0 atom stereocenters. The minimum absolute atomic E-state index is 0.00660.